The van der Waals surface area contributed by atoms with Gasteiger partial charge in [0.25, 0.3) is 0 Å². The quantitative estimate of drug-likeness (QED) is 0.845. The van der Waals surface area contributed by atoms with Crippen LogP contribution >= 0.6 is 0 Å². The fraction of sp³-hybridized carbons (Fsp3) is 0.571. The van der Waals surface area contributed by atoms with Crippen LogP contribution in [0.1, 0.15) is 31.2 Å². The summed E-state index contributed by atoms with van der Waals surface area (Å²) in [5.41, 5.74) is 1.04. The minimum Gasteiger partial charge on any atom is -0.508 e. The molecular weight excluding hydrogens is 214 g/mol. The number of methoxy groups -OCH3 is 1. The van der Waals surface area contributed by atoms with Crippen LogP contribution in [0, 0.1) is 5.92 Å². The molecule has 1 aliphatic rings. The zero-order valence-electron chi connectivity index (χ0n) is 10.6. The SMILES string of the molecule is COc1ccc(C(C)C2CCNCC2)c(O)c1. The van der Waals surface area contributed by atoms with Crippen LogP contribution in [-0.4, -0.2) is 25.3 Å². The maximum Gasteiger partial charge on any atom is 0.122 e. The lowest BCUT2D eigenvalue weighted by Gasteiger charge is -2.29. The smallest absolute Gasteiger partial charge is 0.122 e. The van der Waals surface area contributed by atoms with E-state index >= 15 is 0 Å². The third-order valence-corrected chi connectivity index (χ3v) is 3.82. The van der Waals surface area contributed by atoms with E-state index in [0.29, 0.717) is 23.3 Å². The Balaban J connectivity index is 2.15. The van der Waals surface area contributed by atoms with E-state index in [1.807, 2.05) is 12.1 Å². The first-order chi connectivity index (χ1) is 8.22. The van der Waals surface area contributed by atoms with Gasteiger partial charge in [0.15, 0.2) is 0 Å². The number of hydrogen-bond donors (Lipinski definition) is 2. The average molecular weight is 235 g/mol. The topological polar surface area (TPSA) is 41.5 Å². The Bertz CT molecular complexity index is 372. The number of ether oxygens (including phenoxy) is 1. The van der Waals surface area contributed by atoms with E-state index in [-0.39, 0.29) is 0 Å². The molecule has 1 saturated heterocycles. The monoisotopic (exact) mass is 235 g/mol. The first-order valence-corrected chi connectivity index (χ1v) is 6.30. The van der Waals surface area contributed by atoms with Crippen LogP contribution in [0.4, 0.5) is 0 Å². The van der Waals surface area contributed by atoms with E-state index in [0.717, 1.165) is 18.7 Å². The van der Waals surface area contributed by atoms with E-state index < -0.39 is 0 Å². The molecule has 0 aromatic heterocycles. The predicted octanol–water partition coefficient (Wildman–Crippen LogP) is 2.50. The highest BCUT2D eigenvalue weighted by atomic mass is 16.5. The molecular formula is C14H21NO2. The van der Waals surface area contributed by atoms with Gasteiger partial charge in [0.1, 0.15) is 11.5 Å². The number of nitrogens with one attached hydrogen (secondary N) is 1. The van der Waals surface area contributed by atoms with Crippen molar-refractivity contribution in [1.29, 1.82) is 0 Å². The van der Waals surface area contributed by atoms with E-state index in [1.54, 1.807) is 13.2 Å². The lowest BCUT2D eigenvalue weighted by Crippen LogP contribution is -2.30. The van der Waals surface area contributed by atoms with Crippen LogP contribution in [0.2, 0.25) is 0 Å². The van der Waals surface area contributed by atoms with Crippen LogP contribution in [-0.2, 0) is 0 Å². The first kappa shape index (κ1) is 12.2. The second-order valence-electron chi connectivity index (χ2n) is 4.80. The van der Waals surface area contributed by atoms with Crippen molar-refractivity contribution < 1.29 is 9.84 Å². The Morgan fingerprint density at radius 3 is 2.65 bits per heavy atom. The van der Waals surface area contributed by atoms with Gasteiger partial charge in [0.05, 0.1) is 7.11 Å². The summed E-state index contributed by atoms with van der Waals surface area (Å²) in [4.78, 5) is 0. The lowest BCUT2D eigenvalue weighted by atomic mass is 9.81. The summed E-state index contributed by atoms with van der Waals surface area (Å²) in [6.45, 7) is 4.38. The minimum absolute atomic E-state index is 0.357. The van der Waals surface area contributed by atoms with Gasteiger partial charge in [-0.3, -0.25) is 0 Å². The molecule has 0 bridgehead atoms. The van der Waals surface area contributed by atoms with Gasteiger partial charge in [-0.15, -0.1) is 0 Å². The summed E-state index contributed by atoms with van der Waals surface area (Å²) < 4.78 is 5.11. The third kappa shape index (κ3) is 2.72. The molecule has 2 N–H and O–H groups in total. The highest BCUT2D eigenvalue weighted by Crippen LogP contribution is 2.36. The van der Waals surface area contributed by atoms with E-state index in [2.05, 4.69) is 12.2 Å². The van der Waals surface area contributed by atoms with Gasteiger partial charge in [0, 0.05) is 6.07 Å². The van der Waals surface area contributed by atoms with Gasteiger partial charge in [-0.1, -0.05) is 13.0 Å². The molecule has 3 nitrogen and oxygen atoms in total. The van der Waals surface area contributed by atoms with Crippen molar-refractivity contribution in [2.75, 3.05) is 20.2 Å². The third-order valence-electron chi connectivity index (χ3n) is 3.82. The van der Waals surface area contributed by atoms with E-state index in [9.17, 15) is 5.11 Å². The predicted molar refractivity (Wildman–Crippen MR) is 68.7 cm³/mol. The second-order valence-corrected chi connectivity index (χ2v) is 4.80. The molecule has 1 aliphatic heterocycles. The fourth-order valence-electron chi connectivity index (χ4n) is 2.63. The normalized spacial score (nSPS) is 18.9. The number of hydrogen-bond acceptors (Lipinski definition) is 3. The molecule has 1 heterocycles. The molecule has 1 atom stereocenters. The van der Waals surface area contributed by atoms with Crippen LogP contribution in [0.3, 0.4) is 0 Å². The molecule has 1 fully saturated rings. The lowest BCUT2D eigenvalue weighted by molar-refractivity contribution is 0.323. The molecule has 0 spiro atoms. The number of phenols is 1. The molecule has 0 saturated carbocycles. The molecule has 1 unspecified atom stereocenters. The molecule has 0 aliphatic carbocycles. The molecule has 1 aromatic carbocycles. The van der Waals surface area contributed by atoms with Crippen molar-refractivity contribution in [3.63, 3.8) is 0 Å². The first-order valence-electron chi connectivity index (χ1n) is 6.30. The van der Waals surface area contributed by atoms with E-state index in [1.165, 1.54) is 12.8 Å². The van der Waals surface area contributed by atoms with Gasteiger partial charge in [-0.25, -0.2) is 0 Å². The molecule has 94 valence electrons. The summed E-state index contributed by atoms with van der Waals surface area (Å²) in [5.74, 6) is 2.14. The summed E-state index contributed by atoms with van der Waals surface area (Å²) >= 11 is 0. The number of phenolic OH excluding ortho intramolecular Hbond substituents is 1. The van der Waals surface area contributed by atoms with Crippen LogP contribution in [0.5, 0.6) is 11.5 Å². The second kappa shape index (κ2) is 5.41. The van der Waals surface area contributed by atoms with Crippen molar-refractivity contribution >= 4 is 0 Å². The Kier molecular flexibility index (Phi) is 3.89. The Morgan fingerprint density at radius 1 is 1.35 bits per heavy atom. The zero-order chi connectivity index (χ0) is 12.3. The van der Waals surface area contributed by atoms with Crippen molar-refractivity contribution in [2.24, 2.45) is 5.92 Å². The van der Waals surface area contributed by atoms with Gasteiger partial charge < -0.3 is 15.2 Å². The molecule has 17 heavy (non-hydrogen) atoms. The standard InChI is InChI=1S/C14H21NO2/c1-10(11-5-7-15-8-6-11)13-4-3-12(17-2)9-14(13)16/h3-4,9-11,15-16H,5-8H2,1-2H3. The van der Waals surface area contributed by atoms with Crippen molar-refractivity contribution in [1.82, 2.24) is 5.32 Å². The minimum atomic E-state index is 0.357. The maximum absolute atomic E-state index is 10.0. The summed E-state index contributed by atoms with van der Waals surface area (Å²) in [7, 11) is 1.62. The van der Waals surface area contributed by atoms with Crippen LogP contribution in [0.25, 0.3) is 0 Å². The number of benzene rings is 1. The highest BCUT2D eigenvalue weighted by molar-refractivity contribution is 5.41. The van der Waals surface area contributed by atoms with E-state index in [4.69, 9.17) is 4.74 Å². The Hall–Kier alpha value is -1.22. The van der Waals surface area contributed by atoms with Crippen molar-refractivity contribution in [3.8, 4) is 11.5 Å². The zero-order valence-corrected chi connectivity index (χ0v) is 10.6. The van der Waals surface area contributed by atoms with Gasteiger partial charge >= 0.3 is 0 Å². The van der Waals surface area contributed by atoms with Crippen LogP contribution < -0.4 is 10.1 Å². The summed E-state index contributed by atoms with van der Waals surface area (Å²) in [5, 5.41) is 13.4. The summed E-state index contributed by atoms with van der Waals surface area (Å²) in [6, 6.07) is 5.61. The Morgan fingerprint density at radius 2 is 2.06 bits per heavy atom. The maximum atomic E-state index is 10.0. The van der Waals surface area contributed by atoms with Crippen molar-refractivity contribution in [3.05, 3.63) is 23.8 Å². The average Bonchev–Trinajstić information content (AvgIpc) is 2.39. The molecule has 0 amide bonds. The highest BCUT2D eigenvalue weighted by Gasteiger charge is 2.23. The Labute approximate surface area is 103 Å². The summed E-state index contributed by atoms with van der Waals surface area (Å²) in [6.07, 6.45) is 2.37. The van der Waals surface area contributed by atoms with Gasteiger partial charge in [-0.2, -0.15) is 0 Å². The molecule has 0 radical (unpaired) electrons. The largest absolute Gasteiger partial charge is 0.508 e. The fourth-order valence-corrected chi connectivity index (χ4v) is 2.63. The van der Waals surface area contributed by atoms with Crippen molar-refractivity contribution in [2.45, 2.75) is 25.7 Å². The number of rotatable bonds is 3. The molecule has 1 aromatic rings. The van der Waals surface area contributed by atoms with Gasteiger partial charge in [0.2, 0.25) is 0 Å². The molecule has 2 rings (SSSR count). The van der Waals surface area contributed by atoms with Gasteiger partial charge in [-0.05, 0) is 49.4 Å². The number of aromatic hydroxyl groups is 1. The molecule has 3 heteroatoms. The number of piperidine rings is 1. The van der Waals surface area contributed by atoms with Crippen LogP contribution in [0.15, 0.2) is 18.2 Å².